The molecule has 1 aliphatic carbocycles. The van der Waals surface area contributed by atoms with Crippen LogP contribution >= 0.6 is 15.9 Å². The molecule has 0 saturated heterocycles. The van der Waals surface area contributed by atoms with Crippen LogP contribution in [0.5, 0.6) is 0 Å². The van der Waals surface area contributed by atoms with E-state index in [1.54, 1.807) is 6.07 Å². The number of halogens is 1. The summed E-state index contributed by atoms with van der Waals surface area (Å²) in [6.07, 6.45) is 3.36. The largest absolute Gasteiger partial charge is 0.481 e. The lowest BCUT2D eigenvalue weighted by atomic mass is 9.71. The summed E-state index contributed by atoms with van der Waals surface area (Å²) in [6, 6.07) is 7.44. The summed E-state index contributed by atoms with van der Waals surface area (Å²) >= 11 is 3.34. The van der Waals surface area contributed by atoms with Gasteiger partial charge in [0.1, 0.15) is 6.07 Å². The zero-order valence-corrected chi connectivity index (χ0v) is 13.6. The van der Waals surface area contributed by atoms with Gasteiger partial charge in [-0.2, -0.15) is 5.26 Å². The lowest BCUT2D eigenvalue weighted by Crippen LogP contribution is -2.41. The topological polar surface area (TPSA) is 73.1 Å². The van der Waals surface area contributed by atoms with Crippen LogP contribution in [0.1, 0.15) is 38.2 Å². The van der Waals surface area contributed by atoms with Crippen LogP contribution < -0.4 is 5.32 Å². The highest BCUT2D eigenvalue weighted by molar-refractivity contribution is 9.10. The fraction of sp³-hybridized carbons (Fsp3) is 0.500. The second kappa shape index (κ2) is 6.48. The molecule has 0 aromatic heterocycles. The summed E-state index contributed by atoms with van der Waals surface area (Å²) < 4.78 is 0.719. The quantitative estimate of drug-likeness (QED) is 0.860. The van der Waals surface area contributed by atoms with Crippen molar-refractivity contribution in [3.63, 3.8) is 0 Å². The molecule has 0 atom stereocenters. The van der Waals surface area contributed by atoms with Gasteiger partial charge in [0.2, 0.25) is 0 Å². The van der Waals surface area contributed by atoms with Gasteiger partial charge in [-0.25, -0.2) is 0 Å². The number of rotatable bonds is 4. The molecule has 21 heavy (non-hydrogen) atoms. The number of carboxylic acids is 1. The van der Waals surface area contributed by atoms with E-state index < -0.39 is 11.4 Å². The maximum Gasteiger partial charge on any atom is 0.311 e. The molecule has 0 heterocycles. The number of carbonyl (C=O) groups is 1. The van der Waals surface area contributed by atoms with Gasteiger partial charge < -0.3 is 10.4 Å². The molecule has 0 aliphatic heterocycles. The van der Waals surface area contributed by atoms with Crippen LogP contribution in [-0.2, 0) is 4.79 Å². The van der Waals surface area contributed by atoms with Crippen molar-refractivity contribution < 1.29 is 9.90 Å². The smallest absolute Gasteiger partial charge is 0.311 e. The lowest BCUT2D eigenvalue weighted by Gasteiger charge is -2.36. The van der Waals surface area contributed by atoms with E-state index in [9.17, 15) is 9.90 Å². The Balaban J connectivity index is 2.08. The first kappa shape index (κ1) is 15.8. The molecule has 0 bridgehead atoms. The van der Waals surface area contributed by atoms with Gasteiger partial charge in [-0.05, 0) is 65.7 Å². The van der Waals surface area contributed by atoms with E-state index in [0.29, 0.717) is 30.9 Å². The molecule has 0 radical (unpaired) electrons. The molecule has 1 aliphatic rings. The number of aliphatic carboxylic acids is 1. The molecule has 1 saturated carbocycles. The van der Waals surface area contributed by atoms with Crippen LogP contribution in [-0.4, -0.2) is 17.6 Å². The van der Waals surface area contributed by atoms with Gasteiger partial charge in [-0.3, -0.25) is 4.79 Å². The van der Waals surface area contributed by atoms with Crippen molar-refractivity contribution in [3.05, 3.63) is 28.2 Å². The van der Waals surface area contributed by atoms with Crippen molar-refractivity contribution >= 4 is 27.6 Å². The minimum absolute atomic E-state index is 0.424. The van der Waals surface area contributed by atoms with Gasteiger partial charge in [-0.1, -0.05) is 6.92 Å². The minimum atomic E-state index is -0.713. The fourth-order valence-electron chi connectivity index (χ4n) is 2.77. The standard InChI is InChI=1S/C16H19BrN2O2/c1-11-4-6-16(7-5-11,15(20)21)10-19-13-3-2-12(9-18)14(17)8-13/h2-3,8,11,19H,4-7,10H2,1H3,(H,20,21). The van der Waals surface area contributed by atoms with Crippen molar-refractivity contribution in [3.8, 4) is 6.07 Å². The average Bonchev–Trinajstić information content (AvgIpc) is 2.47. The predicted octanol–water partition coefficient (Wildman–Crippen LogP) is 4.01. The Bertz CT molecular complexity index is 572. The summed E-state index contributed by atoms with van der Waals surface area (Å²) in [7, 11) is 0. The van der Waals surface area contributed by atoms with Crippen LogP contribution in [0.25, 0.3) is 0 Å². The maximum absolute atomic E-state index is 11.7. The highest BCUT2D eigenvalue weighted by Gasteiger charge is 2.40. The molecule has 4 nitrogen and oxygen atoms in total. The van der Waals surface area contributed by atoms with E-state index in [4.69, 9.17) is 5.26 Å². The second-order valence-corrected chi connectivity index (χ2v) is 6.78. The van der Waals surface area contributed by atoms with Crippen LogP contribution in [0.3, 0.4) is 0 Å². The molecule has 1 fully saturated rings. The highest BCUT2D eigenvalue weighted by atomic mass is 79.9. The third-order valence-corrected chi connectivity index (χ3v) is 5.06. The third kappa shape index (κ3) is 3.56. The Morgan fingerprint density at radius 1 is 1.52 bits per heavy atom. The zero-order valence-electron chi connectivity index (χ0n) is 12.0. The number of nitrogens with one attached hydrogen (secondary N) is 1. The van der Waals surface area contributed by atoms with Crippen molar-refractivity contribution in [1.82, 2.24) is 0 Å². The second-order valence-electron chi connectivity index (χ2n) is 5.93. The Labute approximate surface area is 133 Å². The molecular weight excluding hydrogens is 332 g/mol. The summed E-state index contributed by atoms with van der Waals surface area (Å²) in [6.45, 7) is 2.60. The van der Waals surface area contributed by atoms with E-state index in [0.717, 1.165) is 23.0 Å². The van der Waals surface area contributed by atoms with Crippen molar-refractivity contribution in [2.75, 3.05) is 11.9 Å². The van der Waals surface area contributed by atoms with Gasteiger partial charge in [0.15, 0.2) is 0 Å². The summed E-state index contributed by atoms with van der Waals surface area (Å²) in [5.41, 5.74) is 0.729. The van der Waals surface area contributed by atoms with Crippen LogP contribution in [0.4, 0.5) is 5.69 Å². The molecule has 1 aromatic carbocycles. The molecule has 0 spiro atoms. The average molecular weight is 351 g/mol. The van der Waals surface area contributed by atoms with Crippen LogP contribution in [0.15, 0.2) is 22.7 Å². The van der Waals surface area contributed by atoms with Crippen molar-refractivity contribution in [1.29, 1.82) is 5.26 Å². The van der Waals surface area contributed by atoms with Crippen LogP contribution in [0, 0.1) is 22.7 Å². The Kier molecular flexibility index (Phi) is 4.89. The number of nitriles is 1. The number of hydrogen-bond donors (Lipinski definition) is 2. The Morgan fingerprint density at radius 3 is 2.71 bits per heavy atom. The molecule has 2 rings (SSSR count). The molecule has 0 amide bonds. The molecular formula is C16H19BrN2O2. The first-order chi connectivity index (χ1) is 9.97. The van der Waals surface area contributed by atoms with E-state index in [-0.39, 0.29) is 0 Å². The molecule has 5 heteroatoms. The summed E-state index contributed by atoms with van der Waals surface area (Å²) in [4.78, 5) is 11.7. The maximum atomic E-state index is 11.7. The molecule has 2 N–H and O–H groups in total. The number of nitrogens with zero attached hydrogens (tertiary/aromatic N) is 1. The van der Waals surface area contributed by atoms with Gasteiger partial charge >= 0.3 is 5.97 Å². The first-order valence-electron chi connectivity index (χ1n) is 7.14. The fourth-order valence-corrected chi connectivity index (χ4v) is 3.24. The van der Waals surface area contributed by atoms with E-state index >= 15 is 0 Å². The number of carboxylic acid groups (broad SMARTS) is 1. The van der Waals surface area contributed by atoms with Crippen LogP contribution in [0.2, 0.25) is 0 Å². The van der Waals surface area contributed by atoms with Crippen molar-refractivity contribution in [2.24, 2.45) is 11.3 Å². The normalized spacial score (nSPS) is 25.1. The molecule has 0 unspecified atom stereocenters. The van der Waals surface area contributed by atoms with Gasteiger partial charge in [0, 0.05) is 16.7 Å². The van der Waals surface area contributed by atoms with Gasteiger partial charge in [0.05, 0.1) is 11.0 Å². The molecule has 112 valence electrons. The first-order valence-corrected chi connectivity index (χ1v) is 7.93. The Morgan fingerprint density at radius 2 is 2.19 bits per heavy atom. The SMILES string of the molecule is CC1CCC(CNc2ccc(C#N)c(Br)c2)(C(=O)O)CC1. The summed E-state index contributed by atoms with van der Waals surface area (Å²) in [5, 5.41) is 21.7. The van der Waals surface area contributed by atoms with E-state index in [2.05, 4.69) is 34.2 Å². The number of anilines is 1. The minimum Gasteiger partial charge on any atom is -0.481 e. The van der Waals surface area contributed by atoms with Gasteiger partial charge in [-0.15, -0.1) is 0 Å². The van der Waals surface area contributed by atoms with Gasteiger partial charge in [0.25, 0.3) is 0 Å². The lowest BCUT2D eigenvalue weighted by molar-refractivity contribution is -0.150. The number of hydrogen-bond acceptors (Lipinski definition) is 3. The van der Waals surface area contributed by atoms with E-state index in [1.165, 1.54) is 0 Å². The predicted molar refractivity (Wildman–Crippen MR) is 85.0 cm³/mol. The third-order valence-electron chi connectivity index (χ3n) is 4.41. The molecule has 1 aromatic rings. The number of benzene rings is 1. The highest BCUT2D eigenvalue weighted by Crippen LogP contribution is 2.39. The Hall–Kier alpha value is -1.54. The zero-order chi connectivity index (χ0) is 15.5. The van der Waals surface area contributed by atoms with E-state index in [1.807, 2.05) is 12.1 Å². The summed E-state index contributed by atoms with van der Waals surface area (Å²) in [5.74, 6) is -0.101. The monoisotopic (exact) mass is 350 g/mol. The van der Waals surface area contributed by atoms with Crippen molar-refractivity contribution in [2.45, 2.75) is 32.6 Å².